The zero-order valence-electron chi connectivity index (χ0n) is 15.0. The normalized spacial score (nSPS) is 15.1. The highest BCUT2D eigenvalue weighted by molar-refractivity contribution is 7.80. The molecule has 140 valence electrons. The molecule has 1 fully saturated rings. The average Bonchev–Trinajstić information content (AvgIpc) is 3.32. The molecule has 4 rings (SSSR count). The van der Waals surface area contributed by atoms with Crippen LogP contribution in [0.2, 0.25) is 0 Å². The van der Waals surface area contributed by atoms with E-state index in [4.69, 9.17) is 21.4 Å². The molecule has 5 nitrogen and oxygen atoms in total. The van der Waals surface area contributed by atoms with Crippen molar-refractivity contribution < 1.29 is 13.9 Å². The first-order chi connectivity index (χ1) is 13.7. The highest BCUT2D eigenvalue weighted by atomic mass is 32.1. The molecule has 3 aromatic rings. The maximum atomic E-state index is 12.8. The van der Waals surface area contributed by atoms with E-state index in [-0.39, 0.29) is 5.91 Å². The van der Waals surface area contributed by atoms with Crippen molar-refractivity contribution in [2.24, 2.45) is 0 Å². The third kappa shape index (κ3) is 3.97. The number of amides is 1. The van der Waals surface area contributed by atoms with Crippen LogP contribution in [-0.4, -0.2) is 15.9 Å². The summed E-state index contributed by atoms with van der Waals surface area (Å²) in [5.41, 5.74) is 2.29. The van der Waals surface area contributed by atoms with Gasteiger partial charge in [-0.1, -0.05) is 48.5 Å². The first kappa shape index (κ1) is 18.0. The van der Waals surface area contributed by atoms with Gasteiger partial charge >= 0.3 is 0 Å². The van der Waals surface area contributed by atoms with Gasteiger partial charge in [0.05, 0.1) is 12.8 Å². The summed E-state index contributed by atoms with van der Waals surface area (Å²) in [4.78, 5) is 14.2. The smallest absolute Gasteiger partial charge is 0.276 e. The molecule has 1 saturated heterocycles. The molecule has 0 radical (unpaired) electrons. The molecule has 0 atom stereocenters. The highest BCUT2D eigenvalue weighted by Crippen LogP contribution is 2.24. The van der Waals surface area contributed by atoms with Gasteiger partial charge in [-0.25, -0.2) is 0 Å². The van der Waals surface area contributed by atoms with Crippen LogP contribution in [0.1, 0.15) is 16.9 Å². The van der Waals surface area contributed by atoms with Crippen LogP contribution in [0, 0.1) is 0 Å². The van der Waals surface area contributed by atoms with Gasteiger partial charge in [-0.3, -0.25) is 9.69 Å². The van der Waals surface area contributed by atoms with Crippen LogP contribution in [0.25, 0.3) is 6.08 Å². The van der Waals surface area contributed by atoms with E-state index < -0.39 is 0 Å². The number of thiocarbonyl (C=S) groups is 1. The lowest BCUT2D eigenvalue weighted by molar-refractivity contribution is -0.122. The SMILES string of the molecule is O=C1C(=Cc2ccccc2OCc2ccccc2)NC(=S)N1Cc1ccco1. The van der Waals surface area contributed by atoms with E-state index in [9.17, 15) is 4.79 Å². The number of nitrogens with zero attached hydrogens (tertiary/aromatic N) is 1. The topological polar surface area (TPSA) is 54.7 Å². The lowest BCUT2D eigenvalue weighted by atomic mass is 10.1. The largest absolute Gasteiger partial charge is 0.488 e. The molecule has 1 N–H and O–H groups in total. The number of para-hydroxylation sites is 1. The lowest BCUT2D eigenvalue weighted by Gasteiger charge is -2.11. The van der Waals surface area contributed by atoms with Gasteiger partial charge in [0.2, 0.25) is 0 Å². The number of carbonyl (C=O) groups excluding carboxylic acids is 1. The standard InChI is InChI=1S/C22H18N2O3S/c25-21-19(23-22(28)24(21)14-18-10-6-12-26-18)13-17-9-4-5-11-20(17)27-15-16-7-2-1-3-8-16/h1-13H,14-15H2,(H,23,28). The van der Waals surface area contributed by atoms with Crippen LogP contribution >= 0.6 is 12.2 Å². The van der Waals surface area contributed by atoms with E-state index in [1.807, 2.05) is 60.7 Å². The van der Waals surface area contributed by atoms with Gasteiger partial charge in [0.25, 0.3) is 5.91 Å². The number of rotatable bonds is 6. The van der Waals surface area contributed by atoms with Crippen molar-refractivity contribution >= 4 is 29.3 Å². The minimum absolute atomic E-state index is 0.195. The fraction of sp³-hybridized carbons (Fsp3) is 0.0909. The van der Waals surface area contributed by atoms with Gasteiger partial charge < -0.3 is 14.5 Å². The van der Waals surface area contributed by atoms with Crippen molar-refractivity contribution in [2.75, 3.05) is 0 Å². The summed E-state index contributed by atoms with van der Waals surface area (Å²) < 4.78 is 11.3. The zero-order valence-corrected chi connectivity index (χ0v) is 15.8. The van der Waals surface area contributed by atoms with Crippen LogP contribution in [0.4, 0.5) is 0 Å². The van der Waals surface area contributed by atoms with E-state index >= 15 is 0 Å². The average molecular weight is 390 g/mol. The molecule has 1 aromatic heterocycles. The van der Waals surface area contributed by atoms with E-state index in [0.717, 1.165) is 11.1 Å². The van der Waals surface area contributed by atoms with Gasteiger partial charge in [-0.15, -0.1) is 0 Å². The molecule has 0 aliphatic carbocycles. The third-order valence-electron chi connectivity index (χ3n) is 4.31. The van der Waals surface area contributed by atoms with Crippen molar-refractivity contribution in [1.82, 2.24) is 10.2 Å². The Balaban J connectivity index is 1.52. The Morgan fingerprint density at radius 2 is 1.82 bits per heavy atom. The molecule has 1 aliphatic heterocycles. The van der Waals surface area contributed by atoms with Crippen molar-refractivity contribution in [1.29, 1.82) is 0 Å². The predicted octanol–water partition coefficient (Wildman–Crippen LogP) is 4.12. The molecule has 2 aromatic carbocycles. The molecule has 2 heterocycles. The van der Waals surface area contributed by atoms with Crippen molar-refractivity contribution in [3.8, 4) is 5.75 Å². The van der Waals surface area contributed by atoms with E-state index in [0.29, 0.717) is 35.5 Å². The van der Waals surface area contributed by atoms with Gasteiger partial charge in [-0.2, -0.15) is 0 Å². The number of ether oxygens (including phenoxy) is 1. The van der Waals surface area contributed by atoms with Crippen LogP contribution in [-0.2, 0) is 17.9 Å². The Bertz CT molecular complexity index is 1010. The molecule has 1 aliphatic rings. The molecule has 0 saturated carbocycles. The monoisotopic (exact) mass is 390 g/mol. The third-order valence-corrected chi connectivity index (χ3v) is 4.63. The minimum atomic E-state index is -0.195. The first-order valence-corrected chi connectivity index (χ1v) is 9.24. The zero-order chi connectivity index (χ0) is 19.3. The number of furan rings is 1. The maximum absolute atomic E-state index is 12.8. The van der Waals surface area contributed by atoms with Gasteiger partial charge in [0.1, 0.15) is 23.8 Å². The van der Waals surface area contributed by atoms with E-state index in [1.165, 1.54) is 4.90 Å². The van der Waals surface area contributed by atoms with Crippen molar-refractivity contribution in [3.63, 3.8) is 0 Å². The summed E-state index contributed by atoms with van der Waals surface area (Å²) in [5.74, 6) is 1.17. The highest BCUT2D eigenvalue weighted by Gasteiger charge is 2.31. The van der Waals surface area contributed by atoms with Crippen LogP contribution in [0.5, 0.6) is 5.75 Å². The Morgan fingerprint density at radius 3 is 2.61 bits per heavy atom. The van der Waals surface area contributed by atoms with Crippen LogP contribution < -0.4 is 10.1 Å². The number of carbonyl (C=O) groups is 1. The summed E-state index contributed by atoms with van der Waals surface area (Å²) in [6.07, 6.45) is 3.33. The van der Waals surface area contributed by atoms with Crippen molar-refractivity contribution in [2.45, 2.75) is 13.2 Å². The molecule has 6 heteroatoms. The number of benzene rings is 2. The summed E-state index contributed by atoms with van der Waals surface area (Å²) in [7, 11) is 0. The van der Waals surface area contributed by atoms with Crippen molar-refractivity contribution in [3.05, 3.63) is 95.6 Å². The van der Waals surface area contributed by atoms with E-state index in [2.05, 4.69) is 5.32 Å². The number of hydrogen-bond donors (Lipinski definition) is 1. The molecular formula is C22H18N2O3S. The molecular weight excluding hydrogens is 372 g/mol. The second kappa shape index (κ2) is 8.10. The molecule has 0 unspecified atom stereocenters. The molecule has 1 amide bonds. The Morgan fingerprint density at radius 1 is 1.04 bits per heavy atom. The minimum Gasteiger partial charge on any atom is -0.488 e. The fourth-order valence-electron chi connectivity index (χ4n) is 2.90. The molecule has 0 bridgehead atoms. The Kier molecular flexibility index (Phi) is 5.21. The lowest BCUT2D eigenvalue weighted by Crippen LogP contribution is -2.29. The Labute approximate surface area is 168 Å². The summed E-state index contributed by atoms with van der Waals surface area (Å²) in [6, 6.07) is 21.1. The van der Waals surface area contributed by atoms with Crippen LogP contribution in [0.3, 0.4) is 0 Å². The predicted molar refractivity (Wildman–Crippen MR) is 110 cm³/mol. The summed E-state index contributed by atoms with van der Waals surface area (Å²) in [5, 5.41) is 3.34. The van der Waals surface area contributed by atoms with E-state index in [1.54, 1.807) is 18.4 Å². The molecule has 0 spiro atoms. The van der Waals surface area contributed by atoms with Crippen LogP contribution in [0.15, 0.2) is 83.1 Å². The second-order valence-corrected chi connectivity index (χ2v) is 6.66. The number of nitrogens with one attached hydrogen (secondary N) is 1. The van der Waals surface area contributed by atoms with Gasteiger partial charge in [-0.05, 0) is 42.1 Å². The summed E-state index contributed by atoms with van der Waals surface area (Å²) >= 11 is 5.31. The first-order valence-electron chi connectivity index (χ1n) is 8.83. The maximum Gasteiger partial charge on any atom is 0.276 e. The fourth-order valence-corrected chi connectivity index (χ4v) is 3.15. The quantitative estimate of drug-likeness (QED) is 0.507. The second-order valence-electron chi connectivity index (χ2n) is 6.27. The molecule has 28 heavy (non-hydrogen) atoms. The number of hydrogen-bond acceptors (Lipinski definition) is 4. The Hall–Kier alpha value is -3.38. The van der Waals surface area contributed by atoms with Gasteiger partial charge in [0, 0.05) is 5.56 Å². The van der Waals surface area contributed by atoms with Gasteiger partial charge in [0.15, 0.2) is 5.11 Å². The summed E-state index contributed by atoms with van der Waals surface area (Å²) in [6.45, 7) is 0.743.